The van der Waals surface area contributed by atoms with Crippen molar-refractivity contribution >= 4 is 17.9 Å². The molecule has 0 spiro atoms. The minimum Gasteiger partial charge on any atom is -0.462 e. The fourth-order valence-corrected chi connectivity index (χ4v) is 7.13. The number of ether oxygens (including phenoxy) is 3. The van der Waals surface area contributed by atoms with Crippen LogP contribution in [0.25, 0.3) is 0 Å². The highest BCUT2D eigenvalue weighted by molar-refractivity contribution is 5.71. The molecule has 0 amide bonds. The minimum atomic E-state index is -0.786. The SMILES string of the molecule is CC/C=C\C/C=C\C/C=C\C/C=C\C/C=C\CCCCCCCCCC(=O)OCC(COC(=O)CCCCCCCCCCC)OC(=O)CCCCCCC/C=C\C/C=C\CCCC. The molecule has 64 heavy (non-hydrogen) atoms. The lowest BCUT2D eigenvalue weighted by Gasteiger charge is -2.18. The van der Waals surface area contributed by atoms with Gasteiger partial charge in [0.05, 0.1) is 0 Å². The largest absolute Gasteiger partial charge is 0.462 e. The Bertz CT molecular complexity index is 1250. The van der Waals surface area contributed by atoms with Gasteiger partial charge in [0.2, 0.25) is 0 Å². The van der Waals surface area contributed by atoms with Crippen LogP contribution < -0.4 is 0 Å². The summed E-state index contributed by atoms with van der Waals surface area (Å²) in [6.45, 7) is 6.44. The van der Waals surface area contributed by atoms with Crippen LogP contribution in [0.2, 0.25) is 0 Å². The first-order valence-corrected chi connectivity index (χ1v) is 26.6. The molecule has 366 valence electrons. The number of hydrogen-bond acceptors (Lipinski definition) is 6. The molecule has 1 unspecified atom stereocenters. The summed E-state index contributed by atoms with van der Waals surface area (Å²) in [4.78, 5) is 37.9. The molecule has 0 aromatic carbocycles. The van der Waals surface area contributed by atoms with E-state index in [9.17, 15) is 14.4 Å². The van der Waals surface area contributed by atoms with Crippen LogP contribution >= 0.6 is 0 Å². The number of rotatable bonds is 47. The summed E-state index contributed by atoms with van der Waals surface area (Å²) in [6, 6.07) is 0. The second-order valence-corrected chi connectivity index (χ2v) is 17.4. The van der Waals surface area contributed by atoms with Crippen molar-refractivity contribution < 1.29 is 28.6 Å². The third-order valence-corrected chi connectivity index (χ3v) is 11.1. The molecule has 0 aliphatic heterocycles. The first kappa shape index (κ1) is 60.6. The van der Waals surface area contributed by atoms with Gasteiger partial charge in [-0.15, -0.1) is 0 Å². The van der Waals surface area contributed by atoms with Crippen LogP contribution in [0.3, 0.4) is 0 Å². The minimum absolute atomic E-state index is 0.0849. The van der Waals surface area contributed by atoms with E-state index in [1.54, 1.807) is 0 Å². The maximum absolute atomic E-state index is 12.8. The molecule has 0 saturated heterocycles. The molecular weight excluding hydrogens is 793 g/mol. The van der Waals surface area contributed by atoms with Gasteiger partial charge in [0.25, 0.3) is 0 Å². The molecule has 0 aromatic rings. The third kappa shape index (κ3) is 49.6. The highest BCUT2D eigenvalue weighted by atomic mass is 16.6. The van der Waals surface area contributed by atoms with Crippen LogP contribution in [0.1, 0.15) is 245 Å². The smallest absolute Gasteiger partial charge is 0.306 e. The van der Waals surface area contributed by atoms with Crippen LogP contribution in [0, 0.1) is 0 Å². The van der Waals surface area contributed by atoms with Gasteiger partial charge >= 0.3 is 17.9 Å². The normalized spacial score (nSPS) is 12.7. The lowest BCUT2D eigenvalue weighted by atomic mass is 10.1. The molecule has 0 radical (unpaired) electrons. The van der Waals surface area contributed by atoms with Crippen molar-refractivity contribution in [3.63, 3.8) is 0 Å². The molecule has 0 aromatic heterocycles. The summed E-state index contributed by atoms with van der Waals surface area (Å²) in [5.74, 6) is -0.913. The average molecular weight is 891 g/mol. The molecule has 6 nitrogen and oxygen atoms in total. The quantitative estimate of drug-likeness (QED) is 0.0262. The number of hydrogen-bond donors (Lipinski definition) is 0. The predicted octanol–water partition coefficient (Wildman–Crippen LogP) is 17.6. The standard InChI is InChI=1S/C58H98O6/c1-4-7-10-13-16-19-21-23-25-26-27-28-29-30-31-32-33-35-36-39-42-45-48-51-57(60)63-54-55(53-62-56(59)50-47-44-41-38-18-15-12-9-6-3)64-58(61)52-49-46-43-40-37-34-24-22-20-17-14-11-8-5-2/h7,10,14,16-17,19,22-25,27-28,30-31,55H,4-6,8-9,11-13,15,18,20-21,26,29,32-54H2,1-3H3/b10-7-,17-14-,19-16-,24-22-,25-23-,28-27-,31-30-. The summed E-state index contributed by atoms with van der Waals surface area (Å²) in [5.41, 5.74) is 0. The monoisotopic (exact) mass is 891 g/mol. The van der Waals surface area contributed by atoms with E-state index in [0.29, 0.717) is 19.3 Å². The summed E-state index contributed by atoms with van der Waals surface area (Å²) in [6.07, 6.45) is 67.1. The lowest BCUT2D eigenvalue weighted by molar-refractivity contribution is -0.167. The lowest BCUT2D eigenvalue weighted by Crippen LogP contribution is -2.30. The summed E-state index contributed by atoms with van der Waals surface area (Å²) < 4.78 is 16.8. The Morgan fingerprint density at radius 2 is 0.625 bits per heavy atom. The Hall–Kier alpha value is -3.41. The number of unbranched alkanes of at least 4 members (excludes halogenated alkanes) is 22. The number of carbonyl (C=O) groups excluding carboxylic acids is 3. The number of carbonyl (C=O) groups is 3. The molecule has 0 N–H and O–H groups in total. The van der Waals surface area contributed by atoms with E-state index in [-0.39, 0.29) is 31.1 Å². The molecule has 6 heteroatoms. The first-order valence-electron chi connectivity index (χ1n) is 26.6. The van der Waals surface area contributed by atoms with Gasteiger partial charge in [0.15, 0.2) is 6.10 Å². The van der Waals surface area contributed by atoms with E-state index in [0.717, 1.165) is 122 Å². The van der Waals surface area contributed by atoms with Gasteiger partial charge in [0.1, 0.15) is 13.2 Å². The Morgan fingerprint density at radius 3 is 1.00 bits per heavy atom. The van der Waals surface area contributed by atoms with Gasteiger partial charge in [-0.2, -0.15) is 0 Å². The zero-order valence-electron chi connectivity index (χ0n) is 41.8. The zero-order chi connectivity index (χ0) is 46.5. The van der Waals surface area contributed by atoms with Gasteiger partial charge in [-0.25, -0.2) is 0 Å². The van der Waals surface area contributed by atoms with Crippen molar-refractivity contribution in [1.29, 1.82) is 0 Å². The summed E-state index contributed by atoms with van der Waals surface area (Å²) in [5, 5.41) is 0. The van der Waals surface area contributed by atoms with Gasteiger partial charge in [-0.3, -0.25) is 14.4 Å². The first-order chi connectivity index (χ1) is 31.5. The third-order valence-electron chi connectivity index (χ3n) is 11.1. The fourth-order valence-electron chi connectivity index (χ4n) is 7.13. The van der Waals surface area contributed by atoms with Gasteiger partial charge < -0.3 is 14.2 Å². The maximum Gasteiger partial charge on any atom is 0.306 e. The molecule has 0 heterocycles. The molecule has 0 bridgehead atoms. The summed E-state index contributed by atoms with van der Waals surface area (Å²) in [7, 11) is 0. The van der Waals surface area contributed by atoms with E-state index in [4.69, 9.17) is 14.2 Å². The van der Waals surface area contributed by atoms with Crippen molar-refractivity contribution in [2.75, 3.05) is 13.2 Å². The molecule has 0 rings (SSSR count). The number of esters is 3. The van der Waals surface area contributed by atoms with Gasteiger partial charge in [-0.05, 0) is 89.9 Å². The summed E-state index contributed by atoms with van der Waals surface area (Å²) >= 11 is 0. The van der Waals surface area contributed by atoms with E-state index < -0.39 is 6.10 Å². The molecule has 1 atom stereocenters. The Labute approximate surface area is 395 Å². The van der Waals surface area contributed by atoms with Gasteiger partial charge in [-0.1, -0.05) is 221 Å². The van der Waals surface area contributed by atoms with Crippen LogP contribution in [0.4, 0.5) is 0 Å². The maximum atomic E-state index is 12.8. The Morgan fingerprint density at radius 1 is 0.328 bits per heavy atom. The molecule has 0 aliphatic carbocycles. The Balaban J connectivity index is 4.31. The predicted molar refractivity (Wildman–Crippen MR) is 274 cm³/mol. The van der Waals surface area contributed by atoms with Crippen LogP contribution in [0.5, 0.6) is 0 Å². The van der Waals surface area contributed by atoms with Crippen molar-refractivity contribution in [1.82, 2.24) is 0 Å². The molecule has 0 saturated carbocycles. The van der Waals surface area contributed by atoms with Crippen molar-refractivity contribution in [3.8, 4) is 0 Å². The highest BCUT2D eigenvalue weighted by Crippen LogP contribution is 2.14. The topological polar surface area (TPSA) is 78.9 Å². The molecule has 0 fully saturated rings. The number of allylic oxidation sites excluding steroid dienone is 14. The second kappa shape index (κ2) is 52.2. The molecule has 0 aliphatic rings. The van der Waals surface area contributed by atoms with Crippen LogP contribution in [-0.4, -0.2) is 37.2 Å². The van der Waals surface area contributed by atoms with Gasteiger partial charge in [0, 0.05) is 19.3 Å². The zero-order valence-corrected chi connectivity index (χ0v) is 41.8. The van der Waals surface area contributed by atoms with Crippen molar-refractivity contribution in [2.45, 2.75) is 252 Å². The Kier molecular flexibility index (Phi) is 49.4. The van der Waals surface area contributed by atoms with E-state index in [1.165, 1.54) is 83.5 Å². The van der Waals surface area contributed by atoms with Crippen LogP contribution in [0.15, 0.2) is 85.1 Å². The highest BCUT2D eigenvalue weighted by Gasteiger charge is 2.19. The van der Waals surface area contributed by atoms with Crippen molar-refractivity contribution in [3.05, 3.63) is 85.1 Å². The van der Waals surface area contributed by atoms with E-state index >= 15 is 0 Å². The van der Waals surface area contributed by atoms with Crippen LogP contribution in [-0.2, 0) is 28.6 Å². The average Bonchev–Trinajstić information content (AvgIpc) is 3.29. The van der Waals surface area contributed by atoms with E-state index in [1.807, 2.05) is 0 Å². The fraction of sp³-hybridized carbons (Fsp3) is 0.707. The molecular formula is C58H98O6. The van der Waals surface area contributed by atoms with Crippen molar-refractivity contribution in [2.24, 2.45) is 0 Å². The van der Waals surface area contributed by atoms with E-state index in [2.05, 4.69) is 106 Å². The second-order valence-electron chi connectivity index (χ2n) is 17.4.